The summed E-state index contributed by atoms with van der Waals surface area (Å²) in [5, 5.41) is 8.06. The first kappa shape index (κ1) is 17.8. The fraction of sp³-hybridized carbons (Fsp3) is 1.00. The summed E-state index contributed by atoms with van der Waals surface area (Å²) in [6.07, 6.45) is 3.15. The third kappa shape index (κ3) is 9.35. The molecule has 0 radical (unpaired) electrons. The van der Waals surface area contributed by atoms with Gasteiger partial charge in [0, 0.05) is 6.54 Å². The average Bonchev–Trinajstić information content (AvgIpc) is 2.04. The van der Waals surface area contributed by atoms with Gasteiger partial charge >= 0.3 is 0 Å². The Hall–Kier alpha value is 0.410. The minimum Gasteiger partial charge on any atom is -0.317 e. The van der Waals surface area contributed by atoms with Crippen molar-refractivity contribution in [3.8, 4) is 0 Å². The summed E-state index contributed by atoms with van der Waals surface area (Å²) < 4.78 is 23.4. The number of hydrogen-bond donors (Lipinski definition) is 3. The van der Waals surface area contributed by atoms with Gasteiger partial charge in [-0.25, -0.2) is 9.86 Å². The van der Waals surface area contributed by atoms with E-state index in [0.717, 1.165) is 32.4 Å². The summed E-state index contributed by atoms with van der Waals surface area (Å²) in [4.78, 5) is 0. The second kappa shape index (κ2) is 8.55. The van der Waals surface area contributed by atoms with Crippen molar-refractivity contribution in [3.05, 3.63) is 0 Å². The number of rotatable bonds is 4. The molecule has 1 fully saturated rings. The van der Waals surface area contributed by atoms with E-state index in [1.54, 1.807) is 0 Å². The van der Waals surface area contributed by atoms with Gasteiger partial charge in [0.2, 0.25) is 0 Å². The second-order valence-electron chi connectivity index (χ2n) is 3.42. The van der Waals surface area contributed by atoms with Gasteiger partial charge < -0.3 is 5.32 Å². The number of hydrogen-bond acceptors (Lipinski definition) is 3. The van der Waals surface area contributed by atoms with Gasteiger partial charge in [0.05, 0.1) is 0 Å². The van der Waals surface area contributed by atoms with Crippen LogP contribution < -0.4 is 15.2 Å². The Morgan fingerprint density at radius 3 is 2.27 bits per heavy atom. The van der Waals surface area contributed by atoms with Gasteiger partial charge in [0.15, 0.2) is 0 Å². The number of halogens is 2. The molecule has 1 aliphatic rings. The molecule has 4 N–H and O–H groups in total. The SMILES string of the molecule is Cl.Cl.NS(=O)(=O)NCCC1CCNCC1. The standard InChI is InChI=1S/C7H17N3O2S.2ClH/c8-13(11,12)10-6-3-7-1-4-9-5-2-7;;/h7,9-10H,1-6H2,(H2,8,11,12);2*1H. The molecule has 0 saturated carbocycles. The van der Waals surface area contributed by atoms with E-state index >= 15 is 0 Å². The molecular weight excluding hydrogens is 261 g/mol. The molecule has 5 nitrogen and oxygen atoms in total. The van der Waals surface area contributed by atoms with Crippen LogP contribution in [0.3, 0.4) is 0 Å². The van der Waals surface area contributed by atoms with Crippen LogP contribution in [-0.2, 0) is 10.2 Å². The largest absolute Gasteiger partial charge is 0.317 e. The van der Waals surface area contributed by atoms with Crippen LogP contribution in [0.15, 0.2) is 0 Å². The molecule has 1 aliphatic heterocycles. The lowest BCUT2D eigenvalue weighted by molar-refractivity contribution is 0.354. The predicted molar refractivity (Wildman–Crippen MR) is 65.8 cm³/mol. The van der Waals surface area contributed by atoms with Crippen molar-refractivity contribution in [1.29, 1.82) is 0 Å². The topological polar surface area (TPSA) is 84.2 Å². The van der Waals surface area contributed by atoms with Gasteiger partial charge in [-0.2, -0.15) is 8.42 Å². The van der Waals surface area contributed by atoms with E-state index < -0.39 is 10.2 Å². The first-order chi connectivity index (χ1) is 6.08. The maximum absolute atomic E-state index is 10.5. The minimum absolute atomic E-state index is 0. The summed E-state index contributed by atoms with van der Waals surface area (Å²) in [5.74, 6) is 0.635. The van der Waals surface area contributed by atoms with Crippen molar-refractivity contribution in [1.82, 2.24) is 10.0 Å². The van der Waals surface area contributed by atoms with E-state index in [1.807, 2.05) is 0 Å². The van der Waals surface area contributed by atoms with E-state index in [2.05, 4.69) is 10.0 Å². The molecule has 0 aromatic rings. The molecule has 1 saturated heterocycles. The Kier molecular flexibility index (Phi) is 10.1. The summed E-state index contributed by atoms with van der Waals surface area (Å²) in [6.45, 7) is 2.55. The van der Waals surface area contributed by atoms with E-state index in [1.165, 1.54) is 0 Å². The molecule has 0 aliphatic carbocycles. The second-order valence-corrected chi connectivity index (χ2v) is 4.80. The summed E-state index contributed by atoms with van der Waals surface area (Å²) in [7, 11) is -3.49. The van der Waals surface area contributed by atoms with Crippen LogP contribution in [0.4, 0.5) is 0 Å². The number of piperidine rings is 1. The quantitative estimate of drug-likeness (QED) is 0.678. The van der Waals surface area contributed by atoms with Gasteiger partial charge in [0.25, 0.3) is 10.2 Å². The fourth-order valence-electron chi connectivity index (χ4n) is 1.58. The fourth-order valence-corrected chi connectivity index (χ4v) is 1.98. The minimum atomic E-state index is -3.49. The molecule has 94 valence electrons. The van der Waals surface area contributed by atoms with Gasteiger partial charge in [-0.1, -0.05) is 0 Å². The maximum Gasteiger partial charge on any atom is 0.274 e. The van der Waals surface area contributed by atoms with Crippen molar-refractivity contribution in [2.45, 2.75) is 19.3 Å². The number of nitrogens with two attached hydrogens (primary N) is 1. The van der Waals surface area contributed by atoms with Crippen molar-refractivity contribution in [2.24, 2.45) is 11.1 Å². The van der Waals surface area contributed by atoms with E-state index in [4.69, 9.17) is 5.14 Å². The third-order valence-corrected chi connectivity index (χ3v) is 2.92. The highest BCUT2D eigenvalue weighted by Crippen LogP contribution is 2.14. The summed E-state index contributed by atoms with van der Waals surface area (Å²) in [6, 6.07) is 0. The molecule has 0 aromatic heterocycles. The molecular formula is C7H19Cl2N3O2S. The molecule has 0 amide bonds. The first-order valence-electron chi connectivity index (χ1n) is 4.56. The lowest BCUT2D eigenvalue weighted by Crippen LogP contribution is -2.34. The summed E-state index contributed by atoms with van der Waals surface area (Å²) >= 11 is 0. The van der Waals surface area contributed by atoms with Crippen LogP contribution in [-0.4, -0.2) is 28.1 Å². The van der Waals surface area contributed by atoms with Crippen molar-refractivity contribution in [3.63, 3.8) is 0 Å². The van der Waals surface area contributed by atoms with Crippen molar-refractivity contribution < 1.29 is 8.42 Å². The highest BCUT2D eigenvalue weighted by atomic mass is 35.5. The average molecular weight is 280 g/mol. The molecule has 0 unspecified atom stereocenters. The maximum atomic E-state index is 10.5. The Morgan fingerprint density at radius 1 is 1.27 bits per heavy atom. The van der Waals surface area contributed by atoms with E-state index in [-0.39, 0.29) is 24.8 Å². The normalized spacial score (nSPS) is 17.7. The van der Waals surface area contributed by atoms with Crippen molar-refractivity contribution >= 4 is 35.0 Å². The molecule has 0 aromatic carbocycles. The highest BCUT2D eigenvalue weighted by Gasteiger charge is 2.12. The smallest absolute Gasteiger partial charge is 0.274 e. The van der Waals surface area contributed by atoms with Gasteiger partial charge in [-0.3, -0.25) is 0 Å². The Balaban J connectivity index is 0. The Bertz CT molecular complexity index is 243. The molecule has 1 heterocycles. The van der Waals surface area contributed by atoms with Gasteiger partial charge in [-0.05, 0) is 38.3 Å². The van der Waals surface area contributed by atoms with Gasteiger partial charge in [-0.15, -0.1) is 24.8 Å². The highest BCUT2D eigenvalue weighted by molar-refractivity contribution is 7.87. The zero-order valence-electron chi connectivity index (χ0n) is 8.44. The van der Waals surface area contributed by atoms with Crippen LogP contribution in [0.25, 0.3) is 0 Å². The molecule has 0 bridgehead atoms. The van der Waals surface area contributed by atoms with Crippen LogP contribution in [0.5, 0.6) is 0 Å². The molecule has 15 heavy (non-hydrogen) atoms. The van der Waals surface area contributed by atoms with Crippen LogP contribution >= 0.6 is 24.8 Å². The first-order valence-corrected chi connectivity index (χ1v) is 6.10. The molecule has 0 atom stereocenters. The van der Waals surface area contributed by atoms with E-state index in [9.17, 15) is 8.42 Å². The Morgan fingerprint density at radius 2 is 1.80 bits per heavy atom. The molecule has 8 heteroatoms. The third-order valence-electron chi connectivity index (χ3n) is 2.31. The monoisotopic (exact) mass is 279 g/mol. The zero-order valence-corrected chi connectivity index (χ0v) is 10.9. The lowest BCUT2D eigenvalue weighted by atomic mass is 9.95. The van der Waals surface area contributed by atoms with Gasteiger partial charge in [0.1, 0.15) is 0 Å². The number of nitrogens with one attached hydrogen (secondary N) is 2. The zero-order chi connectivity index (χ0) is 9.73. The molecule has 0 spiro atoms. The molecule has 1 rings (SSSR count). The Labute approximate surface area is 104 Å². The van der Waals surface area contributed by atoms with E-state index in [0.29, 0.717) is 12.5 Å². The van der Waals surface area contributed by atoms with Crippen molar-refractivity contribution in [2.75, 3.05) is 19.6 Å². The summed E-state index contributed by atoms with van der Waals surface area (Å²) in [5.41, 5.74) is 0. The predicted octanol–water partition coefficient (Wildman–Crippen LogP) is 0.0128. The van der Waals surface area contributed by atoms with Crippen LogP contribution in [0.1, 0.15) is 19.3 Å². The van der Waals surface area contributed by atoms with Crippen LogP contribution in [0, 0.1) is 5.92 Å². The van der Waals surface area contributed by atoms with Crippen LogP contribution in [0.2, 0.25) is 0 Å². The lowest BCUT2D eigenvalue weighted by Gasteiger charge is -2.22.